The molecule has 0 aliphatic rings. The monoisotopic (exact) mass is 305 g/mol. The molecule has 0 radical (unpaired) electrons. The van der Waals surface area contributed by atoms with Gasteiger partial charge in [-0.3, -0.25) is 0 Å². The molecular weight excluding hydrogens is 296 g/mol. The summed E-state index contributed by atoms with van der Waals surface area (Å²) in [6, 6.07) is 6.60. The van der Waals surface area contributed by atoms with E-state index in [0.29, 0.717) is 5.65 Å². The van der Waals surface area contributed by atoms with E-state index in [0.717, 1.165) is 22.8 Å². The van der Waals surface area contributed by atoms with Crippen LogP contribution in [0.1, 0.15) is 5.56 Å². The molecule has 1 aromatic carbocycles. The Balaban J connectivity index is 1.88. The molecule has 0 atom stereocenters. The minimum atomic E-state index is -0.679. The van der Waals surface area contributed by atoms with Crippen LogP contribution in [0.5, 0.6) is 0 Å². The molecule has 2 heterocycles. The summed E-state index contributed by atoms with van der Waals surface area (Å²) in [7, 11) is 0. The zero-order valence-corrected chi connectivity index (χ0v) is 11.0. The fraction of sp³-hybridized carbons (Fsp3) is 0.0769. The largest absolute Gasteiger partial charge is 0.368 e. The van der Waals surface area contributed by atoms with Gasteiger partial charge in [0.15, 0.2) is 5.82 Å². The molecule has 0 aliphatic heterocycles. The number of imidazole rings is 1. The maximum atomic E-state index is 13.5. The van der Waals surface area contributed by atoms with Crippen molar-refractivity contribution < 1.29 is 13.7 Å². The van der Waals surface area contributed by atoms with Gasteiger partial charge in [0.05, 0.1) is 0 Å². The highest BCUT2D eigenvalue weighted by Crippen LogP contribution is 2.17. The Labute approximate surface area is 122 Å². The normalized spacial score (nSPS) is 10.8. The third-order valence-corrected chi connectivity index (χ3v) is 3.04. The predicted molar refractivity (Wildman–Crippen MR) is 73.3 cm³/mol. The Morgan fingerprint density at radius 2 is 1.95 bits per heavy atom. The molecule has 0 aliphatic carbocycles. The number of hydrogen-bond acceptors (Lipinski definition) is 5. The third-order valence-electron chi connectivity index (χ3n) is 3.04. The van der Waals surface area contributed by atoms with Crippen LogP contribution in [0.15, 0.2) is 36.5 Å². The van der Waals surface area contributed by atoms with E-state index in [-0.39, 0.29) is 23.7 Å². The van der Waals surface area contributed by atoms with Gasteiger partial charge in [-0.1, -0.05) is 15.7 Å². The number of nitrogens with one attached hydrogen (secondary N) is 1. The lowest BCUT2D eigenvalue weighted by atomic mass is 10.2. The minimum absolute atomic E-state index is 0.135. The molecule has 7 nitrogen and oxygen atoms in total. The molecule has 0 bridgehead atoms. The molecule has 0 saturated carbocycles. The van der Waals surface area contributed by atoms with Crippen LogP contribution in [0.4, 0.5) is 20.4 Å². The first-order chi connectivity index (χ1) is 10.6. The number of anilines is 1. The molecular formula is C13H9F2N5O2. The number of aromatic nitrogens is 3. The Hall–Kier alpha value is -3.10. The number of nitrogens with zero attached hydrogens (tertiary/aromatic N) is 4. The van der Waals surface area contributed by atoms with Crippen molar-refractivity contribution >= 4 is 17.3 Å². The van der Waals surface area contributed by atoms with Gasteiger partial charge in [0.2, 0.25) is 5.65 Å². The molecule has 0 amide bonds. The SMILES string of the molecule is O=[N+]([O-])c1cnc2ccc(NCc3c(F)cccc3F)nn12. The van der Waals surface area contributed by atoms with Crippen LogP contribution in [0.3, 0.4) is 0 Å². The van der Waals surface area contributed by atoms with Crippen LogP contribution in [0.2, 0.25) is 0 Å². The average molecular weight is 305 g/mol. The standard InChI is InChI=1S/C13H9F2N5O2/c14-9-2-1-3-10(15)8(9)6-16-11-4-5-12-17-7-13(20(21)22)19(12)18-11/h1-5,7H,6H2,(H,16,18). The molecule has 112 valence electrons. The number of halogens is 2. The van der Waals surface area contributed by atoms with Gasteiger partial charge in [-0.2, -0.15) is 0 Å². The maximum Gasteiger partial charge on any atom is 0.368 e. The summed E-state index contributed by atoms with van der Waals surface area (Å²) in [5.74, 6) is -1.42. The van der Waals surface area contributed by atoms with Crippen LogP contribution in [-0.4, -0.2) is 19.5 Å². The van der Waals surface area contributed by atoms with Gasteiger partial charge in [0.1, 0.15) is 17.8 Å². The van der Waals surface area contributed by atoms with Gasteiger partial charge >= 0.3 is 5.82 Å². The summed E-state index contributed by atoms with van der Waals surface area (Å²) in [6.07, 6.45) is 1.09. The predicted octanol–water partition coefficient (Wildman–Crippen LogP) is 2.53. The van der Waals surface area contributed by atoms with E-state index in [1.165, 1.54) is 18.2 Å². The highest BCUT2D eigenvalue weighted by Gasteiger charge is 2.16. The Morgan fingerprint density at radius 3 is 2.64 bits per heavy atom. The topological polar surface area (TPSA) is 85.4 Å². The number of fused-ring (bicyclic) bond motifs is 1. The van der Waals surface area contributed by atoms with Crippen LogP contribution in [0, 0.1) is 21.7 Å². The zero-order chi connectivity index (χ0) is 15.7. The van der Waals surface area contributed by atoms with E-state index in [2.05, 4.69) is 15.4 Å². The highest BCUT2D eigenvalue weighted by atomic mass is 19.1. The first kappa shape index (κ1) is 13.9. The van der Waals surface area contributed by atoms with Crippen LogP contribution >= 0.6 is 0 Å². The Bertz CT molecular complexity index is 845. The van der Waals surface area contributed by atoms with Crippen molar-refractivity contribution in [2.45, 2.75) is 6.54 Å². The van der Waals surface area contributed by atoms with Gasteiger partial charge in [0.25, 0.3) is 0 Å². The van der Waals surface area contributed by atoms with Crippen LogP contribution in [-0.2, 0) is 6.54 Å². The van der Waals surface area contributed by atoms with Crippen molar-refractivity contribution in [3.05, 3.63) is 63.8 Å². The summed E-state index contributed by atoms with van der Waals surface area (Å²) in [5, 5.41) is 17.6. The van der Waals surface area contributed by atoms with E-state index in [4.69, 9.17) is 0 Å². The first-order valence-electron chi connectivity index (χ1n) is 6.22. The van der Waals surface area contributed by atoms with Gasteiger partial charge in [-0.25, -0.2) is 13.8 Å². The van der Waals surface area contributed by atoms with Gasteiger partial charge in [0, 0.05) is 18.2 Å². The van der Waals surface area contributed by atoms with E-state index in [9.17, 15) is 18.9 Å². The second-order valence-corrected chi connectivity index (χ2v) is 4.42. The van der Waals surface area contributed by atoms with E-state index >= 15 is 0 Å². The second-order valence-electron chi connectivity index (χ2n) is 4.42. The highest BCUT2D eigenvalue weighted by molar-refractivity contribution is 5.48. The molecule has 0 unspecified atom stereocenters. The van der Waals surface area contributed by atoms with Gasteiger partial charge < -0.3 is 15.4 Å². The first-order valence-corrected chi connectivity index (χ1v) is 6.22. The van der Waals surface area contributed by atoms with Crippen molar-refractivity contribution in [1.29, 1.82) is 0 Å². The number of hydrogen-bond donors (Lipinski definition) is 1. The van der Waals surface area contributed by atoms with E-state index in [1.54, 1.807) is 0 Å². The zero-order valence-electron chi connectivity index (χ0n) is 11.0. The van der Waals surface area contributed by atoms with E-state index < -0.39 is 16.6 Å². The average Bonchev–Trinajstić information content (AvgIpc) is 2.90. The molecule has 3 aromatic rings. The van der Waals surface area contributed by atoms with Crippen molar-refractivity contribution in [2.75, 3.05) is 5.32 Å². The van der Waals surface area contributed by atoms with Crippen LogP contribution in [0.25, 0.3) is 5.65 Å². The summed E-state index contributed by atoms with van der Waals surface area (Å²) >= 11 is 0. The lowest BCUT2D eigenvalue weighted by Gasteiger charge is -2.06. The molecule has 3 rings (SSSR count). The maximum absolute atomic E-state index is 13.5. The summed E-state index contributed by atoms with van der Waals surface area (Å²) < 4.78 is 28.1. The quantitative estimate of drug-likeness (QED) is 0.591. The summed E-state index contributed by atoms with van der Waals surface area (Å²) in [6.45, 7) is -0.139. The van der Waals surface area contributed by atoms with Crippen molar-refractivity contribution in [1.82, 2.24) is 14.6 Å². The molecule has 1 N–H and O–H groups in total. The molecule has 0 spiro atoms. The molecule has 0 fully saturated rings. The van der Waals surface area contributed by atoms with E-state index in [1.807, 2.05) is 0 Å². The third kappa shape index (κ3) is 2.43. The Morgan fingerprint density at radius 1 is 1.23 bits per heavy atom. The van der Waals surface area contributed by atoms with Crippen molar-refractivity contribution in [3.8, 4) is 0 Å². The number of benzene rings is 1. The van der Waals surface area contributed by atoms with Crippen molar-refractivity contribution in [3.63, 3.8) is 0 Å². The molecule has 0 saturated heterocycles. The molecule has 2 aromatic heterocycles. The number of nitro groups is 1. The van der Waals surface area contributed by atoms with Crippen molar-refractivity contribution in [2.24, 2.45) is 0 Å². The van der Waals surface area contributed by atoms with Crippen LogP contribution < -0.4 is 5.32 Å². The lowest BCUT2D eigenvalue weighted by molar-refractivity contribution is -0.391. The fourth-order valence-corrected chi connectivity index (χ4v) is 1.96. The molecule has 9 heteroatoms. The van der Waals surface area contributed by atoms with Gasteiger partial charge in [-0.15, -0.1) is 0 Å². The molecule has 22 heavy (non-hydrogen) atoms. The lowest BCUT2D eigenvalue weighted by Crippen LogP contribution is -2.08. The number of rotatable bonds is 4. The summed E-state index contributed by atoms with van der Waals surface area (Å²) in [5.41, 5.74) is 0.166. The van der Waals surface area contributed by atoms with Gasteiger partial charge in [-0.05, 0) is 23.1 Å². The fourth-order valence-electron chi connectivity index (χ4n) is 1.96. The minimum Gasteiger partial charge on any atom is -0.363 e. The second kappa shape index (κ2) is 5.35. The Kier molecular flexibility index (Phi) is 3.37. The summed E-state index contributed by atoms with van der Waals surface area (Å²) in [4.78, 5) is 14.1. The smallest absolute Gasteiger partial charge is 0.363 e.